The normalized spacial score (nSPS) is 11.5. The zero-order valence-electron chi connectivity index (χ0n) is 8.02. The molecule has 70 valence electrons. The van der Waals surface area contributed by atoms with E-state index in [2.05, 4.69) is 15.1 Å². The largest absolute Gasteiger partial charge is 0.368 e. The molecular weight excluding hydrogens is 166 g/mol. The van der Waals surface area contributed by atoms with Gasteiger partial charge in [-0.15, -0.1) is 0 Å². The molecule has 0 atom stereocenters. The molecule has 0 aromatic carbocycles. The molecule has 0 spiro atoms. The second-order valence-electron chi connectivity index (χ2n) is 2.90. The van der Waals surface area contributed by atoms with Crippen molar-refractivity contribution in [1.82, 2.24) is 9.78 Å². The Balaban J connectivity index is 2.82. The fraction of sp³-hybridized carbons (Fsp3) is 0.375. The van der Waals surface area contributed by atoms with Gasteiger partial charge in [0, 0.05) is 12.8 Å². The zero-order chi connectivity index (χ0) is 9.84. The van der Waals surface area contributed by atoms with Crippen molar-refractivity contribution in [2.75, 3.05) is 0 Å². The Morgan fingerprint density at radius 1 is 1.54 bits per heavy atom. The van der Waals surface area contributed by atoms with E-state index in [1.807, 2.05) is 20.9 Å². The van der Waals surface area contributed by atoms with Crippen molar-refractivity contribution in [2.24, 2.45) is 22.8 Å². The summed E-state index contributed by atoms with van der Waals surface area (Å²) >= 11 is 0. The molecule has 0 radical (unpaired) electrons. The number of hydrogen-bond donors (Lipinski definition) is 1. The number of aryl methyl sites for hydroxylation is 1. The molecule has 0 fully saturated rings. The van der Waals surface area contributed by atoms with E-state index in [0.29, 0.717) is 5.69 Å². The number of aliphatic imine (C=N–C) groups is 2. The summed E-state index contributed by atoms with van der Waals surface area (Å²) in [4.78, 5) is 8.03. The second-order valence-corrected chi connectivity index (χ2v) is 2.90. The van der Waals surface area contributed by atoms with Crippen molar-refractivity contribution >= 4 is 17.4 Å². The smallest absolute Gasteiger partial charge is 0.220 e. The molecule has 1 rings (SSSR count). The summed E-state index contributed by atoms with van der Waals surface area (Å²) in [5, 5.41) is 3.95. The molecule has 0 aliphatic carbocycles. The number of nitrogens with two attached hydrogens (primary N) is 1. The summed E-state index contributed by atoms with van der Waals surface area (Å²) < 4.78 is 1.66. The van der Waals surface area contributed by atoms with E-state index in [1.165, 1.54) is 0 Å². The SMILES string of the molecule is CC(C)=NC(N)=Nc1cnn(C)c1. The molecule has 1 heterocycles. The van der Waals surface area contributed by atoms with Crippen LogP contribution in [0.3, 0.4) is 0 Å². The average molecular weight is 179 g/mol. The minimum Gasteiger partial charge on any atom is -0.368 e. The molecule has 0 saturated carbocycles. The zero-order valence-corrected chi connectivity index (χ0v) is 8.02. The molecule has 0 bridgehead atoms. The van der Waals surface area contributed by atoms with E-state index in [0.717, 1.165) is 5.71 Å². The fourth-order valence-electron chi connectivity index (χ4n) is 0.852. The van der Waals surface area contributed by atoms with Crippen LogP contribution in [-0.4, -0.2) is 21.5 Å². The van der Waals surface area contributed by atoms with Gasteiger partial charge < -0.3 is 5.73 Å². The van der Waals surface area contributed by atoms with Gasteiger partial charge >= 0.3 is 0 Å². The standard InChI is InChI=1S/C8H13N5/c1-6(2)11-8(9)12-7-4-10-13(3)5-7/h4-5H,1-3H3,(H2,9,12). The maximum Gasteiger partial charge on any atom is 0.220 e. The van der Waals surface area contributed by atoms with Crippen LogP contribution in [0.5, 0.6) is 0 Å². The van der Waals surface area contributed by atoms with Crippen LogP contribution >= 0.6 is 0 Å². The predicted molar refractivity (Wildman–Crippen MR) is 53.3 cm³/mol. The Hall–Kier alpha value is -1.65. The first-order chi connectivity index (χ1) is 6.08. The van der Waals surface area contributed by atoms with Crippen LogP contribution in [0.4, 0.5) is 5.69 Å². The number of guanidine groups is 1. The lowest BCUT2D eigenvalue weighted by Gasteiger charge is -1.91. The summed E-state index contributed by atoms with van der Waals surface area (Å²) in [6.07, 6.45) is 3.40. The molecular formula is C8H13N5. The summed E-state index contributed by atoms with van der Waals surface area (Å²) in [5.74, 6) is 0.257. The molecule has 5 nitrogen and oxygen atoms in total. The third-order valence-corrected chi connectivity index (χ3v) is 1.27. The Labute approximate surface area is 77.0 Å². The monoisotopic (exact) mass is 179 g/mol. The lowest BCUT2D eigenvalue weighted by atomic mass is 10.5. The van der Waals surface area contributed by atoms with Crippen molar-refractivity contribution in [2.45, 2.75) is 13.8 Å². The van der Waals surface area contributed by atoms with Crippen molar-refractivity contribution in [3.63, 3.8) is 0 Å². The summed E-state index contributed by atoms with van der Waals surface area (Å²) in [6.45, 7) is 3.73. The number of hydrogen-bond acceptors (Lipinski definition) is 2. The predicted octanol–water partition coefficient (Wildman–Crippen LogP) is 0.847. The van der Waals surface area contributed by atoms with Crippen molar-refractivity contribution < 1.29 is 0 Å². The molecule has 0 aliphatic rings. The highest BCUT2D eigenvalue weighted by Crippen LogP contribution is 2.07. The lowest BCUT2D eigenvalue weighted by molar-refractivity contribution is 0.768. The molecule has 0 saturated heterocycles. The van der Waals surface area contributed by atoms with Gasteiger partial charge in [-0.1, -0.05) is 0 Å². The third kappa shape index (κ3) is 3.06. The van der Waals surface area contributed by atoms with Gasteiger partial charge in [0.25, 0.3) is 0 Å². The number of rotatable bonds is 1. The molecule has 0 aliphatic heterocycles. The Morgan fingerprint density at radius 3 is 2.69 bits per heavy atom. The second kappa shape index (κ2) is 3.84. The van der Waals surface area contributed by atoms with Crippen LogP contribution < -0.4 is 5.73 Å². The summed E-state index contributed by atoms with van der Waals surface area (Å²) in [5.41, 5.74) is 7.13. The van der Waals surface area contributed by atoms with Crippen LogP contribution in [0.1, 0.15) is 13.8 Å². The van der Waals surface area contributed by atoms with Gasteiger partial charge in [0.05, 0.1) is 12.4 Å². The molecule has 0 amide bonds. The molecule has 2 N–H and O–H groups in total. The van der Waals surface area contributed by atoms with Gasteiger partial charge in [-0.2, -0.15) is 5.10 Å². The maximum atomic E-state index is 5.54. The third-order valence-electron chi connectivity index (χ3n) is 1.27. The number of nitrogens with zero attached hydrogens (tertiary/aromatic N) is 4. The Kier molecular flexibility index (Phi) is 2.79. The van der Waals surface area contributed by atoms with E-state index >= 15 is 0 Å². The van der Waals surface area contributed by atoms with E-state index in [-0.39, 0.29) is 5.96 Å². The highest BCUT2D eigenvalue weighted by molar-refractivity contribution is 5.94. The van der Waals surface area contributed by atoms with Crippen LogP contribution in [-0.2, 0) is 7.05 Å². The van der Waals surface area contributed by atoms with E-state index in [9.17, 15) is 0 Å². The van der Waals surface area contributed by atoms with Crippen molar-refractivity contribution in [1.29, 1.82) is 0 Å². The van der Waals surface area contributed by atoms with Gasteiger partial charge in [-0.3, -0.25) is 4.68 Å². The Morgan fingerprint density at radius 2 is 2.23 bits per heavy atom. The quantitative estimate of drug-likeness (QED) is 0.513. The minimum atomic E-state index is 0.257. The van der Waals surface area contributed by atoms with E-state index in [4.69, 9.17) is 5.73 Å². The van der Waals surface area contributed by atoms with Gasteiger partial charge in [0.2, 0.25) is 5.96 Å². The molecule has 5 heteroatoms. The molecule has 13 heavy (non-hydrogen) atoms. The molecule has 1 aromatic rings. The first-order valence-electron chi connectivity index (χ1n) is 3.92. The highest BCUT2D eigenvalue weighted by atomic mass is 15.3. The first kappa shape index (κ1) is 9.44. The fourth-order valence-corrected chi connectivity index (χ4v) is 0.852. The molecule has 0 unspecified atom stereocenters. The average Bonchev–Trinajstić information content (AvgIpc) is 2.33. The lowest BCUT2D eigenvalue weighted by Crippen LogP contribution is -2.08. The van der Waals surface area contributed by atoms with Gasteiger partial charge in [0.15, 0.2) is 0 Å². The number of aromatic nitrogens is 2. The van der Waals surface area contributed by atoms with Crippen molar-refractivity contribution in [3.05, 3.63) is 12.4 Å². The van der Waals surface area contributed by atoms with Gasteiger partial charge in [-0.05, 0) is 13.8 Å². The molecule has 1 aromatic heterocycles. The first-order valence-corrected chi connectivity index (χ1v) is 3.92. The van der Waals surface area contributed by atoms with Crippen LogP contribution in [0.15, 0.2) is 22.4 Å². The van der Waals surface area contributed by atoms with Gasteiger partial charge in [0.1, 0.15) is 5.69 Å². The van der Waals surface area contributed by atoms with Crippen LogP contribution in [0.2, 0.25) is 0 Å². The van der Waals surface area contributed by atoms with Crippen LogP contribution in [0.25, 0.3) is 0 Å². The van der Waals surface area contributed by atoms with Crippen LogP contribution in [0, 0.1) is 0 Å². The van der Waals surface area contributed by atoms with E-state index < -0.39 is 0 Å². The summed E-state index contributed by atoms with van der Waals surface area (Å²) in [6, 6.07) is 0. The summed E-state index contributed by atoms with van der Waals surface area (Å²) in [7, 11) is 1.82. The maximum absolute atomic E-state index is 5.54. The van der Waals surface area contributed by atoms with Gasteiger partial charge in [-0.25, -0.2) is 9.98 Å². The Bertz CT molecular complexity index is 343. The highest BCUT2D eigenvalue weighted by Gasteiger charge is 1.93. The minimum absolute atomic E-state index is 0.257. The van der Waals surface area contributed by atoms with Crippen molar-refractivity contribution in [3.8, 4) is 0 Å². The van der Waals surface area contributed by atoms with E-state index in [1.54, 1.807) is 17.1 Å². The topological polar surface area (TPSA) is 68.6 Å².